The van der Waals surface area contributed by atoms with Gasteiger partial charge in [-0.1, -0.05) is 48.9 Å². The van der Waals surface area contributed by atoms with Crippen molar-refractivity contribution in [2.24, 2.45) is 16.6 Å². The number of nitrogens with zero attached hydrogens (tertiary/aromatic N) is 4. The summed E-state index contributed by atoms with van der Waals surface area (Å²) in [5.74, 6) is 0.391. The number of aliphatic imine (C=N–C) groups is 1. The Labute approximate surface area is 263 Å². The van der Waals surface area contributed by atoms with E-state index in [0.29, 0.717) is 12.5 Å². The predicted molar refractivity (Wildman–Crippen MR) is 181 cm³/mol. The first-order chi connectivity index (χ1) is 21.0. The fraction of sp³-hybridized carbons (Fsp3) is 0.486. The molecule has 1 aliphatic carbocycles. The van der Waals surface area contributed by atoms with Gasteiger partial charge in [-0.15, -0.1) is 0 Å². The van der Waals surface area contributed by atoms with Gasteiger partial charge >= 0.3 is 5.97 Å². The third-order valence-corrected chi connectivity index (χ3v) is 7.84. The van der Waals surface area contributed by atoms with Crippen LogP contribution >= 0.6 is 0 Å². The number of carboxylic acid groups (broad SMARTS) is 1. The molecule has 0 unspecified atom stereocenters. The van der Waals surface area contributed by atoms with Gasteiger partial charge in [0.05, 0.1) is 37.1 Å². The second-order valence-corrected chi connectivity index (χ2v) is 12.0. The molecule has 3 N–H and O–H groups in total. The number of rotatable bonds is 6. The molecule has 0 atom stereocenters. The molecule has 9 nitrogen and oxygen atoms in total. The molecule has 0 bridgehead atoms. The van der Waals surface area contributed by atoms with Gasteiger partial charge in [-0.05, 0) is 78.8 Å². The van der Waals surface area contributed by atoms with Gasteiger partial charge in [-0.25, -0.2) is 4.98 Å². The molecule has 2 aliphatic heterocycles. The van der Waals surface area contributed by atoms with Crippen LogP contribution in [0.5, 0.6) is 5.88 Å². The molecule has 1 fully saturated rings. The van der Waals surface area contributed by atoms with Gasteiger partial charge in [0.25, 0.3) is 0 Å². The molecule has 3 aliphatic rings. The summed E-state index contributed by atoms with van der Waals surface area (Å²) >= 11 is 0. The van der Waals surface area contributed by atoms with Crippen LogP contribution in [0.15, 0.2) is 59.4 Å². The van der Waals surface area contributed by atoms with Crippen LogP contribution in [0.1, 0.15) is 63.1 Å². The fourth-order valence-electron chi connectivity index (χ4n) is 5.11. The third-order valence-electron chi connectivity index (χ3n) is 7.84. The van der Waals surface area contributed by atoms with Crippen LogP contribution in [-0.4, -0.2) is 67.9 Å². The average Bonchev–Trinajstić information content (AvgIpc) is 2.98. The van der Waals surface area contributed by atoms with Crippen LogP contribution in [0, 0.1) is 19.8 Å². The maximum Gasteiger partial charge on any atom is 0.307 e. The molecule has 0 amide bonds. The number of hydrogen-bond donors (Lipinski definition) is 2. The molecule has 0 spiro atoms. The number of pyridine rings is 1. The zero-order valence-electron chi connectivity index (χ0n) is 27.4. The first-order valence-corrected chi connectivity index (χ1v) is 15.2. The number of aromatic nitrogens is 1. The number of benzene rings is 1. The Morgan fingerprint density at radius 3 is 2.32 bits per heavy atom. The lowest BCUT2D eigenvalue weighted by Gasteiger charge is -2.42. The molecule has 1 aromatic carbocycles. The first-order valence-electron chi connectivity index (χ1n) is 15.2. The Morgan fingerprint density at radius 1 is 1.18 bits per heavy atom. The van der Waals surface area contributed by atoms with Crippen molar-refractivity contribution in [1.29, 1.82) is 0 Å². The number of hydrogen-bond acceptors (Lipinski definition) is 8. The summed E-state index contributed by atoms with van der Waals surface area (Å²) in [6.07, 6.45) is 9.47. The van der Waals surface area contributed by atoms with E-state index in [0.717, 1.165) is 79.3 Å². The average molecular weight is 606 g/mol. The van der Waals surface area contributed by atoms with Gasteiger partial charge in [-0.3, -0.25) is 9.79 Å². The number of carboxylic acids is 1. The number of carbonyl (C=O) groups is 2. The maximum atomic E-state index is 10.3. The van der Waals surface area contributed by atoms with Crippen molar-refractivity contribution in [3.8, 4) is 5.88 Å². The molecule has 1 aromatic heterocycles. The van der Waals surface area contributed by atoms with E-state index in [1.807, 2.05) is 43.5 Å². The van der Waals surface area contributed by atoms with Crippen molar-refractivity contribution in [2.45, 2.75) is 72.3 Å². The Kier molecular flexibility index (Phi) is 14.3. The van der Waals surface area contributed by atoms with Crippen LogP contribution in [0.4, 0.5) is 11.4 Å². The fourth-order valence-corrected chi connectivity index (χ4v) is 5.11. The highest BCUT2D eigenvalue weighted by atomic mass is 16.5. The van der Waals surface area contributed by atoms with Crippen molar-refractivity contribution in [3.05, 3.63) is 71.1 Å². The summed E-state index contributed by atoms with van der Waals surface area (Å²) in [6.45, 7) is 21.7. The van der Waals surface area contributed by atoms with Gasteiger partial charge in [-0.2, -0.15) is 0 Å². The van der Waals surface area contributed by atoms with Crippen molar-refractivity contribution < 1.29 is 19.4 Å². The van der Waals surface area contributed by atoms with Crippen LogP contribution < -0.4 is 20.3 Å². The number of fused-ring (bicyclic) bond motifs is 1. The van der Waals surface area contributed by atoms with Crippen LogP contribution in [-0.2, 0) is 16.0 Å². The van der Waals surface area contributed by atoms with Crippen molar-refractivity contribution >= 4 is 30.3 Å². The van der Waals surface area contributed by atoms with E-state index in [1.54, 1.807) is 0 Å². The molecule has 44 heavy (non-hydrogen) atoms. The molecule has 240 valence electrons. The van der Waals surface area contributed by atoms with Crippen molar-refractivity contribution in [1.82, 2.24) is 4.98 Å². The Bertz CT molecular complexity index is 1290. The Hall–Kier alpha value is -3.98. The number of aldehydes is 1. The molecule has 0 radical (unpaired) electrons. The summed E-state index contributed by atoms with van der Waals surface area (Å²) in [7, 11) is 1.50. The van der Waals surface area contributed by atoms with Gasteiger partial charge < -0.3 is 30.2 Å². The summed E-state index contributed by atoms with van der Waals surface area (Å²) < 4.78 is 5.83. The molecule has 0 saturated heterocycles. The smallest absolute Gasteiger partial charge is 0.307 e. The molecular formula is C35H51N5O4. The Morgan fingerprint density at radius 2 is 1.84 bits per heavy atom. The van der Waals surface area contributed by atoms with Crippen molar-refractivity contribution in [2.75, 3.05) is 43.1 Å². The van der Waals surface area contributed by atoms with Crippen LogP contribution in [0.2, 0.25) is 0 Å². The van der Waals surface area contributed by atoms with E-state index >= 15 is 0 Å². The highest BCUT2D eigenvalue weighted by Crippen LogP contribution is 2.41. The number of anilines is 2. The monoisotopic (exact) mass is 605 g/mol. The summed E-state index contributed by atoms with van der Waals surface area (Å²) in [4.78, 5) is 33.6. The van der Waals surface area contributed by atoms with Gasteiger partial charge in [0, 0.05) is 23.6 Å². The topological polar surface area (TPSA) is 121 Å². The zero-order valence-corrected chi connectivity index (χ0v) is 27.4. The van der Waals surface area contributed by atoms with Crippen LogP contribution in [0.25, 0.3) is 0 Å². The highest BCUT2D eigenvalue weighted by Gasteiger charge is 2.32. The molecule has 5 rings (SSSR count). The normalized spacial score (nSPS) is 15.8. The van der Waals surface area contributed by atoms with Gasteiger partial charge in [0.1, 0.15) is 18.6 Å². The predicted octanol–water partition coefficient (Wildman–Crippen LogP) is 5.92. The molecule has 9 heteroatoms. The van der Waals surface area contributed by atoms with E-state index < -0.39 is 5.97 Å². The van der Waals surface area contributed by atoms with E-state index in [2.05, 4.69) is 66.5 Å². The number of nitrogens with two attached hydrogens (primary N) is 1. The number of allylic oxidation sites excluding steroid dienone is 1. The lowest BCUT2D eigenvalue weighted by Crippen LogP contribution is -2.47. The summed E-state index contributed by atoms with van der Waals surface area (Å²) in [5.41, 5.74) is 12.2. The van der Waals surface area contributed by atoms with E-state index in [4.69, 9.17) is 9.84 Å². The molecule has 1 saturated carbocycles. The van der Waals surface area contributed by atoms with E-state index in [-0.39, 0.29) is 12.0 Å². The minimum Gasteiger partial charge on any atom is -0.481 e. The minimum atomic E-state index is -0.783. The van der Waals surface area contributed by atoms with E-state index in [9.17, 15) is 9.59 Å². The zero-order chi connectivity index (χ0) is 32.9. The van der Waals surface area contributed by atoms with Crippen molar-refractivity contribution in [3.63, 3.8) is 0 Å². The minimum absolute atomic E-state index is 0.0231. The molecule has 3 heterocycles. The number of aryl methyl sites for hydroxylation is 1. The molecular weight excluding hydrogens is 554 g/mol. The first kappa shape index (κ1) is 36.2. The van der Waals surface area contributed by atoms with E-state index in [1.165, 1.54) is 24.6 Å². The lowest BCUT2D eigenvalue weighted by atomic mass is 9.87. The maximum absolute atomic E-state index is 10.3. The SMILES string of the molecule is C=CC1=C(N=C)CN(c2cnc3c(c2C)N(C(C)(C)C)CCO3)CC1.CN.Cc1ccc(CC(=O)O)cc1.O=CC1CCC1. The second kappa shape index (κ2) is 17.3. The standard InChI is InChI=1S/C20H28N4O.C9H10O2.C5H8O.CH5N/c1-7-15-8-9-23(13-16(15)21-6)17-12-22-19-18(14(17)2)24(10-11-25-19)20(3,4)5;1-7-2-4-8(5-3-7)6-9(10)11;6-4-5-2-1-3-5;1-2/h7,12H,1,6,8-11,13H2,2-5H3;2-5H,6H2,1H3,(H,10,11);4-5H,1-3H2;2H2,1H3. The van der Waals surface area contributed by atoms with Crippen LogP contribution in [0.3, 0.4) is 0 Å². The number of aliphatic carboxylic acids is 1. The third kappa shape index (κ3) is 10.0. The lowest BCUT2D eigenvalue weighted by molar-refractivity contribution is -0.136. The summed E-state index contributed by atoms with van der Waals surface area (Å²) in [5, 5.41) is 8.44. The highest BCUT2D eigenvalue weighted by molar-refractivity contribution is 5.73. The number of ether oxygens (including phenoxy) is 1. The van der Waals surface area contributed by atoms with Gasteiger partial charge in [0.2, 0.25) is 5.88 Å². The Balaban J connectivity index is 0.000000290. The largest absolute Gasteiger partial charge is 0.481 e. The number of carbonyl (C=O) groups excluding carboxylic acids is 1. The van der Waals surface area contributed by atoms with Gasteiger partial charge in [0.15, 0.2) is 0 Å². The summed E-state index contributed by atoms with van der Waals surface area (Å²) in [6, 6.07) is 7.50. The quantitative estimate of drug-likeness (QED) is 0.307. The molecule has 2 aromatic rings. The second-order valence-electron chi connectivity index (χ2n) is 12.0.